The van der Waals surface area contributed by atoms with Crippen LogP contribution in [0.4, 0.5) is 0 Å². The summed E-state index contributed by atoms with van der Waals surface area (Å²) in [4.78, 5) is 12.9. The summed E-state index contributed by atoms with van der Waals surface area (Å²) in [5.74, 6) is 0.159. The highest BCUT2D eigenvalue weighted by Gasteiger charge is 2.29. The van der Waals surface area contributed by atoms with Gasteiger partial charge >= 0.3 is 0 Å². The number of carbonyl (C=O) groups excluding carboxylic acids is 1. The monoisotopic (exact) mass is 228 g/mol. The molecule has 0 heterocycles. The SMILES string of the molecule is CN(C)C(=O)CCCOCC1(N)CCCC1. The Bertz CT molecular complexity index is 223. The Labute approximate surface area is 98.1 Å². The molecule has 0 unspecified atom stereocenters. The van der Waals surface area contributed by atoms with Gasteiger partial charge in [0.2, 0.25) is 5.91 Å². The third kappa shape index (κ3) is 4.49. The van der Waals surface area contributed by atoms with Gasteiger partial charge in [0, 0.05) is 32.7 Å². The van der Waals surface area contributed by atoms with Crippen LogP contribution in [-0.2, 0) is 9.53 Å². The number of amides is 1. The van der Waals surface area contributed by atoms with Crippen molar-refractivity contribution in [3.63, 3.8) is 0 Å². The van der Waals surface area contributed by atoms with Crippen molar-refractivity contribution in [1.29, 1.82) is 0 Å². The molecule has 0 spiro atoms. The molecule has 16 heavy (non-hydrogen) atoms. The normalized spacial score (nSPS) is 18.7. The van der Waals surface area contributed by atoms with Crippen molar-refractivity contribution < 1.29 is 9.53 Å². The zero-order valence-electron chi connectivity index (χ0n) is 10.5. The zero-order chi connectivity index (χ0) is 12.0. The van der Waals surface area contributed by atoms with Crippen LogP contribution < -0.4 is 5.73 Å². The van der Waals surface area contributed by atoms with Crippen molar-refractivity contribution in [2.24, 2.45) is 5.73 Å². The van der Waals surface area contributed by atoms with Gasteiger partial charge in [-0.2, -0.15) is 0 Å². The molecular weight excluding hydrogens is 204 g/mol. The Morgan fingerprint density at radius 1 is 1.38 bits per heavy atom. The molecule has 2 N–H and O–H groups in total. The molecule has 4 heteroatoms. The predicted molar refractivity (Wildman–Crippen MR) is 64.1 cm³/mol. The van der Waals surface area contributed by atoms with E-state index in [2.05, 4.69) is 0 Å². The molecule has 0 aromatic carbocycles. The highest BCUT2D eigenvalue weighted by molar-refractivity contribution is 5.75. The Kier molecular flexibility index (Phi) is 5.22. The molecule has 0 aromatic heterocycles. The highest BCUT2D eigenvalue weighted by atomic mass is 16.5. The van der Waals surface area contributed by atoms with Crippen LogP contribution in [0.5, 0.6) is 0 Å². The summed E-state index contributed by atoms with van der Waals surface area (Å²) in [6, 6.07) is 0. The molecule has 1 rings (SSSR count). The molecule has 4 nitrogen and oxygen atoms in total. The molecule has 94 valence electrons. The third-order valence-corrected chi connectivity index (χ3v) is 3.17. The molecule has 0 aromatic rings. The van der Waals surface area contributed by atoms with E-state index < -0.39 is 0 Å². The lowest BCUT2D eigenvalue weighted by Crippen LogP contribution is -2.41. The van der Waals surface area contributed by atoms with Crippen molar-refractivity contribution >= 4 is 5.91 Å². The minimum absolute atomic E-state index is 0.0917. The summed E-state index contributed by atoms with van der Waals surface area (Å²) < 4.78 is 5.55. The Balaban J connectivity index is 2.01. The van der Waals surface area contributed by atoms with Crippen LogP contribution in [-0.4, -0.2) is 43.7 Å². The second-order valence-electron chi connectivity index (χ2n) is 5.01. The molecule has 0 bridgehead atoms. The summed E-state index contributed by atoms with van der Waals surface area (Å²) in [6.45, 7) is 1.28. The van der Waals surface area contributed by atoms with Crippen molar-refractivity contribution in [3.05, 3.63) is 0 Å². The van der Waals surface area contributed by atoms with Gasteiger partial charge in [0.05, 0.1) is 6.61 Å². The summed E-state index contributed by atoms with van der Waals surface area (Å²) >= 11 is 0. The maximum Gasteiger partial charge on any atom is 0.222 e. The van der Waals surface area contributed by atoms with Crippen LogP contribution in [0, 0.1) is 0 Å². The van der Waals surface area contributed by atoms with Crippen LogP contribution in [0.3, 0.4) is 0 Å². The van der Waals surface area contributed by atoms with E-state index in [1.165, 1.54) is 12.8 Å². The molecule has 1 saturated carbocycles. The van der Waals surface area contributed by atoms with Gasteiger partial charge in [-0.1, -0.05) is 12.8 Å². The summed E-state index contributed by atoms with van der Waals surface area (Å²) in [5, 5.41) is 0. The van der Waals surface area contributed by atoms with Crippen LogP contribution >= 0.6 is 0 Å². The standard InChI is InChI=1S/C12H24N2O2/c1-14(2)11(15)6-5-9-16-10-12(13)7-3-4-8-12/h3-10,13H2,1-2H3. The maximum atomic E-state index is 11.3. The minimum atomic E-state index is -0.0917. The lowest BCUT2D eigenvalue weighted by Gasteiger charge is -2.23. The van der Waals surface area contributed by atoms with Crippen molar-refractivity contribution in [2.75, 3.05) is 27.3 Å². The molecule has 0 saturated heterocycles. The van der Waals surface area contributed by atoms with E-state index in [0.29, 0.717) is 19.6 Å². The summed E-state index contributed by atoms with van der Waals surface area (Å²) in [7, 11) is 3.55. The molecule has 0 radical (unpaired) electrons. The van der Waals surface area contributed by atoms with Gasteiger partial charge in [0.15, 0.2) is 0 Å². The first-order valence-electron chi connectivity index (χ1n) is 6.10. The Morgan fingerprint density at radius 2 is 2.00 bits per heavy atom. The lowest BCUT2D eigenvalue weighted by molar-refractivity contribution is -0.129. The van der Waals surface area contributed by atoms with Crippen LogP contribution in [0.25, 0.3) is 0 Å². The number of nitrogens with two attached hydrogens (primary N) is 1. The fourth-order valence-electron chi connectivity index (χ4n) is 2.05. The molecule has 1 amide bonds. The predicted octanol–water partition coefficient (Wildman–Crippen LogP) is 1.14. The first kappa shape index (κ1) is 13.5. The van der Waals surface area contributed by atoms with Gasteiger partial charge in [-0.15, -0.1) is 0 Å². The number of carbonyl (C=O) groups is 1. The summed E-state index contributed by atoms with van der Waals surface area (Å²) in [5.41, 5.74) is 6.06. The number of hydrogen-bond acceptors (Lipinski definition) is 3. The van der Waals surface area contributed by atoms with E-state index >= 15 is 0 Å². The molecule has 1 fully saturated rings. The number of nitrogens with zero attached hydrogens (tertiary/aromatic N) is 1. The smallest absolute Gasteiger partial charge is 0.222 e. The van der Waals surface area contributed by atoms with Gasteiger partial charge in [-0.3, -0.25) is 4.79 Å². The van der Waals surface area contributed by atoms with E-state index in [9.17, 15) is 4.79 Å². The Hall–Kier alpha value is -0.610. The van der Waals surface area contributed by atoms with Crippen LogP contribution in [0.1, 0.15) is 38.5 Å². The maximum absolute atomic E-state index is 11.3. The fraction of sp³-hybridized carbons (Fsp3) is 0.917. The number of ether oxygens (including phenoxy) is 1. The van der Waals surface area contributed by atoms with Crippen molar-refractivity contribution in [3.8, 4) is 0 Å². The van der Waals surface area contributed by atoms with E-state index in [-0.39, 0.29) is 11.4 Å². The molecule has 0 aliphatic heterocycles. The molecule has 1 aliphatic rings. The van der Waals surface area contributed by atoms with Gasteiger partial charge in [-0.05, 0) is 19.3 Å². The number of rotatable bonds is 6. The van der Waals surface area contributed by atoms with Gasteiger partial charge in [0.1, 0.15) is 0 Å². The first-order chi connectivity index (χ1) is 7.53. The van der Waals surface area contributed by atoms with Gasteiger partial charge in [0.25, 0.3) is 0 Å². The minimum Gasteiger partial charge on any atom is -0.380 e. The highest BCUT2D eigenvalue weighted by Crippen LogP contribution is 2.27. The van der Waals surface area contributed by atoms with E-state index in [0.717, 1.165) is 19.3 Å². The van der Waals surface area contributed by atoms with E-state index in [4.69, 9.17) is 10.5 Å². The average molecular weight is 228 g/mol. The first-order valence-corrected chi connectivity index (χ1v) is 6.10. The number of hydrogen-bond donors (Lipinski definition) is 1. The quantitative estimate of drug-likeness (QED) is 0.694. The Morgan fingerprint density at radius 3 is 2.56 bits per heavy atom. The van der Waals surface area contributed by atoms with Gasteiger partial charge < -0.3 is 15.4 Å². The third-order valence-electron chi connectivity index (χ3n) is 3.17. The van der Waals surface area contributed by atoms with Crippen LogP contribution in [0.2, 0.25) is 0 Å². The van der Waals surface area contributed by atoms with Gasteiger partial charge in [-0.25, -0.2) is 0 Å². The lowest BCUT2D eigenvalue weighted by atomic mass is 10.0. The van der Waals surface area contributed by atoms with E-state index in [1.54, 1.807) is 19.0 Å². The molecule has 0 atom stereocenters. The topological polar surface area (TPSA) is 55.6 Å². The molecular formula is C12H24N2O2. The van der Waals surface area contributed by atoms with Crippen molar-refractivity contribution in [2.45, 2.75) is 44.1 Å². The van der Waals surface area contributed by atoms with Crippen LogP contribution in [0.15, 0.2) is 0 Å². The largest absolute Gasteiger partial charge is 0.380 e. The molecule has 1 aliphatic carbocycles. The van der Waals surface area contributed by atoms with Crippen molar-refractivity contribution in [1.82, 2.24) is 4.90 Å². The average Bonchev–Trinajstić information content (AvgIpc) is 2.64. The zero-order valence-corrected chi connectivity index (χ0v) is 10.5. The fourth-order valence-corrected chi connectivity index (χ4v) is 2.05. The second-order valence-corrected chi connectivity index (χ2v) is 5.01. The summed E-state index contributed by atoms with van der Waals surface area (Å²) in [6.07, 6.45) is 5.93. The second kappa shape index (κ2) is 6.21. The van der Waals surface area contributed by atoms with E-state index in [1.807, 2.05) is 0 Å².